The molecular weight excluding hydrogens is 332 g/mol. The summed E-state index contributed by atoms with van der Waals surface area (Å²) in [6.45, 7) is 0. The van der Waals surface area contributed by atoms with Crippen LogP contribution >= 0.6 is 15.9 Å². The Morgan fingerprint density at radius 3 is 2.76 bits per heavy atom. The van der Waals surface area contributed by atoms with Crippen LogP contribution in [0.5, 0.6) is 11.5 Å². The molecule has 0 heterocycles. The van der Waals surface area contributed by atoms with Gasteiger partial charge in [0.2, 0.25) is 0 Å². The lowest BCUT2D eigenvalue weighted by molar-refractivity contribution is 0.104. The Morgan fingerprint density at radius 1 is 1.29 bits per heavy atom. The molecule has 0 unspecified atom stereocenters. The minimum absolute atomic E-state index is 0.0598. The van der Waals surface area contributed by atoms with Gasteiger partial charge in [0, 0.05) is 22.0 Å². The fraction of sp³-hybridized carbons (Fsp3) is 0.118. The molecule has 3 nitrogen and oxygen atoms in total. The Bertz CT molecular complexity index is 763. The van der Waals surface area contributed by atoms with Gasteiger partial charge in [-0.25, -0.2) is 0 Å². The number of halogens is 1. The molecular formula is C17H13BrO3. The van der Waals surface area contributed by atoms with Crippen LogP contribution in [0.15, 0.2) is 46.4 Å². The highest BCUT2D eigenvalue weighted by atomic mass is 79.9. The van der Waals surface area contributed by atoms with Gasteiger partial charge in [-0.2, -0.15) is 0 Å². The smallest absolute Gasteiger partial charge is 0.189 e. The van der Waals surface area contributed by atoms with Crippen LogP contribution in [0.25, 0.3) is 6.08 Å². The third-order valence-corrected chi connectivity index (χ3v) is 4.25. The Hall–Kier alpha value is -2.07. The van der Waals surface area contributed by atoms with Gasteiger partial charge in [-0.05, 0) is 29.3 Å². The second-order valence-corrected chi connectivity index (χ2v) is 5.73. The molecule has 3 rings (SSSR count). The molecule has 4 heteroatoms. The van der Waals surface area contributed by atoms with Crippen LogP contribution in [0.4, 0.5) is 0 Å². The first-order valence-corrected chi connectivity index (χ1v) is 7.29. The van der Waals surface area contributed by atoms with E-state index in [4.69, 9.17) is 4.74 Å². The van der Waals surface area contributed by atoms with Crippen LogP contribution in [0.2, 0.25) is 0 Å². The summed E-state index contributed by atoms with van der Waals surface area (Å²) in [6.07, 6.45) is 2.47. The number of carbonyl (C=O) groups is 1. The summed E-state index contributed by atoms with van der Waals surface area (Å²) in [6, 6.07) is 10.9. The number of hydrogen-bond donors (Lipinski definition) is 1. The predicted molar refractivity (Wildman–Crippen MR) is 84.8 cm³/mol. The Labute approximate surface area is 131 Å². The molecule has 0 radical (unpaired) electrons. The van der Waals surface area contributed by atoms with Gasteiger partial charge in [0.05, 0.1) is 7.11 Å². The van der Waals surface area contributed by atoms with Gasteiger partial charge in [-0.15, -0.1) is 0 Å². The fourth-order valence-corrected chi connectivity index (χ4v) is 2.94. The van der Waals surface area contributed by atoms with E-state index in [1.54, 1.807) is 12.1 Å². The maximum atomic E-state index is 12.4. The van der Waals surface area contributed by atoms with Gasteiger partial charge < -0.3 is 9.84 Å². The van der Waals surface area contributed by atoms with Crippen LogP contribution in [0, 0.1) is 0 Å². The van der Waals surface area contributed by atoms with Crippen LogP contribution in [0.3, 0.4) is 0 Å². The highest BCUT2D eigenvalue weighted by Gasteiger charge is 2.24. The molecule has 1 aliphatic rings. The second-order valence-electron chi connectivity index (χ2n) is 4.88. The minimum Gasteiger partial charge on any atom is -0.504 e. The molecule has 0 bridgehead atoms. The van der Waals surface area contributed by atoms with E-state index >= 15 is 0 Å². The lowest BCUT2D eigenvalue weighted by Gasteiger charge is -2.07. The molecule has 106 valence electrons. The number of phenols is 1. The molecule has 0 spiro atoms. The third kappa shape index (κ3) is 2.47. The molecule has 2 aromatic rings. The quantitative estimate of drug-likeness (QED) is 0.838. The summed E-state index contributed by atoms with van der Waals surface area (Å²) in [5.74, 6) is 0.505. The first-order chi connectivity index (χ1) is 10.1. The van der Waals surface area contributed by atoms with Crippen LogP contribution in [-0.4, -0.2) is 18.0 Å². The number of phenolic OH excluding ortho intramolecular Hbond substituents is 1. The van der Waals surface area contributed by atoms with Crippen molar-refractivity contribution >= 4 is 27.8 Å². The van der Waals surface area contributed by atoms with E-state index in [-0.39, 0.29) is 11.5 Å². The zero-order chi connectivity index (χ0) is 15.0. The van der Waals surface area contributed by atoms with E-state index < -0.39 is 0 Å². The van der Waals surface area contributed by atoms with Crippen molar-refractivity contribution in [2.45, 2.75) is 6.42 Å². The van der Waals surface area contributed by atoms with E-state index in [1.165, 1.54) is 7.11 Å². The molecule has 0 aromatic heterocycles. The molecule has 0 aliphatic heterocycles. The molecule has 1 N–H and O–H groups in total. The monoisotopic (exact) mass is 344 g/mol. The van der Waals surface area contributed by atoms with Gasteiger partial charge in [-0.3, -0.25) is 4.79 Å². The molecule has 21 heavy (non-hydrogen) atoms. The maximum Gasteiger partial charge on any atom is 0.189 e. The number of ketones is 1. The van der Waals surface area contributed by atoms with Gasteiger partial charge in [-0.1, -0.05) is 40.2 Å². The number of benzene rings is 2. The summed E-state index contributed by atoms with van der Waals surface area (Å²) < 4.78 is 5.83. The third-order valence-electron chi connectivity index (χ3n) is 3.56. The van der Waals surface area contributed by atoms with Gasteiger partial charge in [0.15, 0.2) is 17.3 Å². The standard InChI is InChI=1S/C17H13BrO3/c1-21-16-8-11(14(18)9-15(16)19)7-12-6-10-4-2-3-5-13(10)17(12)20/h2-5,7-9,19H,6H2,1H3. The summed E-state index contributed by atoms with van der Waals surface area (Å²) in [5.41, 5.74) is 3.37. The zero-order valence-electron chi connectivity index (χ0n) is 11.4. The number of rotatable bonds is 2. The predicted octanol–water partition coefficient (Wildman–Crippen LogP) is 3.99. The average molecular weight is 345 g/mol. The lowest BCUT2D eigenvalue weighted by atomic mass is 10.1. The maximum absolute atomic E-state index is 12.4. The SMILES string of the molecule is COc1cc(C=C2Cc3ccccc3C2=O)c(Br)cc1O. The highest BCUT2D eigenvalue weighted by molar-refractivity contribution is 9.10. The first kappa shape index (κ1) is 13.9. The molecule has 0 saturated heterocycles. The van der Waals surface area contributed by atoms with E-state index in [1.807, 2.05) is 30.3 Å². The van der Waals surface area contributed by atoms with E-state index in [0.717, 1.165) is 26.7 Å². The van der Waals surface area contributed by atoms with E-state index in [9.17, 15) is 9.90 Å². The van der Waals surface area contributed by atoms with Crippen molar-refractivity contribution in [3.05, 3.63) is 63.1 Å². The average Bonchev–Trinajstić information content (AvgIpc) is 2.79. The largest absolute Gasteiger partial charge is 0.504 e. The number of aromatic hydroxyl groups is 1. The zero-order valence-corrected chi connectivity index (χ0v) is 13.0. The van der Waals surface area contributed by atoms with Gasteiger partial charge >= 0.3 is 0 Å². The van der Waals surface area contributed by atoms with Crippen LogP contribution < -0.4 is 4.74 Å². The topological polar surface area (TPSA) is 46.5 Å². The molecule has 0 saturated carbocycles. The number of ether oxygens (including phenoxy) is 1. The van der Waals surface area contributed by atoms with E-state index in [0.29, 0.717) is 12.2 Å². The highest BCUT2D eigenvalue weighted by Crippen LogP contribution is 2.35. The molecule has 1 aliphatic carbocycles. The summed E-state index contributed by atoms with van der Waals surface area (Å²) in [7, 11) is 1.50. The van der Waals surface area contributed by atoms with Crippen LogP contribution in [-0.2, 0) is 6.42 Å². The van der Waals surface area contributed by atoms with Crippen LogP contribution in [0.1, 0.15) is 21.5 Å². The second kappa shape index (κ2) is 5.37. The Balaban J connectivity index is 2.03. The lowest BCUT2D eigenvalue weighted by Crippen LogP contribution is -1.95. The van der Waals surface area contributed by atoms with E-state index in [2.05, 4.69) is 15.9 Å². The Morgan fingerprint density at radius 2 is 2.05 bits per heavy atom. The number of allylic oxidation sites excluding steroid dienone is 1. The molecule has 0 fully saturated rings. The number of methoxy groups -OCH3 is 1. The van der Waals surface area contributed by atoms with Crippen molar-refractivity contribution in [3.63, 3.8) is 0 Å². The number of hydrogen-bond acceptors (Lipinski definition) is 3. The molecule has 0 atom stereocenters. The normalized spacial score (nSPS) is 15.3. The summed E-state index contributed by atoms with van der Waals surface area (Å²) in [5, 5.41) is 9.73. The summed E-state index contributed by atoms with van der Waals surface area (Å²) >= 11 is 3.40. The van der Waals surface area contributed by atoms with Gasteiger partial charge in [0.25, 0.3) is 0 Å². The first-order valence-electron chi connectivity index (χ1n) is 6.50. The van der Waals surface area contributed by atoms with Gasteiger partial charge in [0.1, 0.15) is 0 Å². The minimum atomic E-state index is 0.0598. The number of fused-ring (bicyclic) bond motifs is 1. The number of carbonyl (C=O) groups excluding carboxylic acids is 1. The summed E-state index contributed by atoms with van der Waals surface area (Å²) in [4.78, 5) is 12.4. The Kier molecular flexibility index (Phi) is 3.55. The fourth-order valence-electron chi connectivity index (χ4n) is 2.49. The van der Waals surface area contributed by atoms with Crippen molar-refractivity contribution in [2.24, 2.45) is 0 Å². The van der Waals surface area contributed by atoms with Crippen molar-refractivity contribution < 1.29 is 14.6 Å². The van der Waals surface area contributed by atoms with Crippen molar-refractivity contribution in [1.82, 2.24) is 0 Å². The van der Waals surface area contributed by atoms with Crippen molar-refractivity contribution in [1.29, 1.82) is 0 Å². The number of Topliss-reactive ketones (excluding diaryl/α,β-unsaturated/α-hetero) is 1. The molecule has 2 aromatic carbocycles. The van der Waals surface area contributed by atoms with Crippen molar-refractivity contribution in [2.75, 3.05) is 7.11 Å². The molecule has 0 amide bonds. The van der Waals surface area contributed by atoms with Crippen molar-refractivity contribution in [3.8, 4) is 11.5 Å².